The molecule has 3 rings (SSSR count). The maximum atomic E-state index is 12.2. The Morgan fingerprint density at radius 1 is 1.38 bits per heavy atom. The lowest BCUT2D eigenvalue weighted by atomic mass is 10.2. The third-order valence-electron chi connectivity index (χ3n) is 4.05. The highest BCUT2D eigenvalue weighted by molar-refractivity contribution is 7.99. The lowest BCUT2D eigenvalue weighted by molar-refractivity contribution is -0.118. The summed E-state index contributed by atoms with van der Waals surface area (Å²) >= 11 is 1.29. The van der Waals surface area contributed by atoms with E-state index in [1.165, 1.54) is 11.8 Å². The van der Waals surface area contributed by atoms with Crippen molar-refractivity contribution in [3.63, 3.8) is 0 Å². The topological polar surface area (TPSA) is 88.6 Å². The molecule has 1 atom stereocenters. The van der Waals surface area contributed by atoms with E-state index < -0.39 is 0 Å². The van der Waals surface area contributed by atoms with Crippen LogP contribution in [0.1, 0.15) is 25.6 Å². The maximum Gasteiger partial charge on any atom is 0.253 e. The first-order chi connectivity index (χ1) is 12.7. The Morgan fingerprint density at radius 2 is 2.23 bits per heavy atom. The predicted octanol–water partition coefficient (Wildman–Crippen LogP) is 2.01. The molecule has 3 heterocycles. The van der Waals surface area contributed by atoms with E-state index in [4.69, 9.17) is 4.42 Å². The molecule has 0 aromatic carbocycles. The van der Waals surface area contributed by atoms with Crippen molar-refractivity contribution in [3.8, 4) is 0 Å². The fraction of sp³-hybridized carbons (Fsp3) is 0.412. The van der Waals surface area contributed by atoms with Gasteiger partial charge in [0.1, 0.15) is 5.76 Å². The fourth-order valence-electron chi connectivity index (χ4n) is 2.72. The van der Waals surface area contributed by atoms with Crippen molar-refractivity contribution in [1.82, 2.24) is 29.8 Å². The zero-order valence-corrected chi connectivity index (χ0v) is 15.6. The van der Waals surface area contributed by atoms with Crippen molar-refractivity contribution < 1.29 is 9.21 Å². The number of nitrogens with one attached hydrogen (secondary N) is 1. The van der Waals surface area contributed by atoms with Crippen LogP contribution >= 0.6 is 11.8 Å². The maximum absolute atomic E-state index is 12.2. The number of thioether (sulfide) groups is 1. The summed E-state index contributed by atoms with van der Waals surface area (Å²) in [5.41, 5.74) is 0. The van der Waals surface area contributed by atoms with E-state index in [0.717, 1.165) is 18.8 Å². The van der Waals surface area contributed by atoms with Gasteiger partial charge in [-0.25, -0.2) is 9.50 Å². The van der Waals surface area contributed by atoms with E-state index in [1.807, 2.05) is 12.1 Å². The summed E-state index contributed by atoms with van der Waals surface area (Å²) in [4.78, 5) is 22.9. The van der Waals surface area contributed by atoms with Crippen LogP contribution in [0.2, 0.25) is 0 Å². The Morgan fingerprint density at radius 3 is 2.92 bits per heavy atom. The molecular weight excluding hydrogens is 352 g/mol. The van der Waals surface area contributed by atoms with Crippen molar-refractivity contribution in [1.29, 1.82) is 0 Å². The number of likely N-dealkylation sites (N-methyl/N-ethyl adjacent to an activating group) is 1. The minimum absolute atomic E-state index is 0.0199. The third-order valence-corrected chi connectivity index (χ3v) is 4.88. The predicted molar refractivity (Wildman–Crippen MR) is 98.9 cm³/mol. The molecule has 3 aromatic heterocycles. The molecule has 0 saturated carbocycles. The molecule has 0 radical (unpaired) electrons. The second-order valence-electron chi connectivity index (χ2n) is 5.60. The van der Waals surface area contributed by atoms with Crippen molar-refractivity contribution in [2.45, 2.75) is 25.0 Å². The Labute approximate surface area is 156 Å². The molecule has 0 unspecified atom stereocenters. The van der Waals surface area contributed by atoms with Gasteiger partial charge in [0.2, 0.25) is 11.1 Å². The van der Waals surface area contributed by atoms with Gasteiger partial charge < -0.3 is 9.73 Å². The summed E-state index contributed by atoms with van der Waals surface area (Å²) in [5.74, 6) is 1.56. The quantitative estimate of drug-likeness (QED) is 0.573. The van der Waals surface area contributed by atoms with Gasteiger partial charge in [-0.05, 0) is 31.3 Å². The summed E-state index contributed by atoms with van der Waals surface area (Å²) in [6.07, 6.45) is 5.09. The Kier molecular flexibility index (Phi) is 6.24. The number of aromatic nitrogens is 4. The van der Waals surface area contributed by atoms with E-state index in [-0.39, 0.29) is 17.7 Å². The van der Waals surface area contributed by atoms with E-state index in [2.05, 4.69) is 39.1 Å². The lowest BCUT2D eigenvalue weighted by Gasteiger charge is -2.28. The van der Waals surface area contributed by atoms with Gasteiger partial charge in [0.15, 0.2) is 0 Å². The summed E-state index contributed by atoms with van der Waals surface area (Å²) in [5, 5.41) is 7.80. The zero-order valence-electron chi connectivity index (χ0n) is 14.8. The van der Waals surface area contributed by atoms with Gasteiger partial charge in [-0.1, -0.05) is 25.6 Å². The average Bonchev–Trinajstić information content (AvgIpc) is 3.32. The van der Waals surface area contributed by atoms with Crippen LogP contribution in [0.15, 0.2) is 46.4 Å². The van der Waals surface area contributed by atoms with E-state index in [9.17, 15) is 4.79 Å². The van der Waals surface area contributed by atoms with Crippen LogP contribution in [-0.4, -0.2) is 55.8 Å². The molecule has 26 heavy (non-hydrogen) atoms. The number of hydrogen-bond donors (Lipinski definition) is 1. The second kappa shape index (κ2) is 8.81. The highest BCUT2D eigenvalue weighted by atomic mass is 32.2. The molecule has 3 aromatic rings. The standard InChI is InChI=1S/C17H22N6O2S/c1-3-22(4-2)13(14-7-5-10-25-14)11-19-15(24)12-26-17-20-16-18-8-6-9-23(16)21-17/h5-10,13H,3-4,11-12H2,1-2H3,(H,19,24)/t13-/m0/s1. The van der Waals surface area contributed by atoms with Crippen LogP contribution in [0.25, 0.3) is 5.78 Å². The first-order valence-electron chi connectivity index (χ1n) is 8.55. The minimum atomic E-state index is -0.0643. The molecule has 0 fully saturated rings. The number of carbonyl (C=O) groups is 1. The summed E-state index contributed by atoms with van der Waals surface area (Å²) in [6.45, 7) is 6.45. The van der Waals surface area contributed by atoms with Gasteiger partial charge in [-0.2, -0.15) is 4.98 Å². The molecule has 8 nitrogen and oxygen atoms in total. The second-order valence-corrected chi connectivity index (χ2v) is 6.55. The fourth-order valence-corrected chi connectivity index (χ4v) is 3.38. The summed E-state index contributed by atoms with van der Waals surface area (Å²) in [6, 6.07) is 5.61. The molecule has 1 N–H and O–H groups in total. The largest absolute Gasteiger partial charge is 0.468 e. The van der Waals surface area contributed by atoms with Gasteiger partial charge in [0.25, 0.3) is 5.78 Å². The van der Waals surface area contributed by atoms with Crippen molar-refractivity contribution in [2.24, 2.45) is 0 Å². The monoisotopic (exact) mass is 374 g/mol. The lowest BCUT2D eigenvalue weighted by Crippen LogP contribution is -2.38. The molecule has 0 saturated heterocycles. The molecule has 0 aliphatic rings. The van der Waals surface area contributed by atoms with Crippen LogP contribution in [-0.2, 0) is 4.79 Å². The van der Waals surface area contributed by atoms with Crippen LogP contribution in [0.4, 0.5) is 0 Å². The normalized spacial score (nSPS) is 12.6. The molecule has 9 heteroatoms. The van der Waals surface area contributed by atoms with Gasteiger partial charge in [0, 0.05) is 18.9 Å². The van der Waals surface area contributed by atoms with Gasteiger partial charge in [-0.15, -0.1) is 5.10 Å². The zero-order chi connectivity index (χ0) is 18.4. The Hall–Kier alpha value is -2.39. The average molecular weight is 374 g/mol. The SMILES string of the molecule is CCN(CC)[C@@H](CNC(=O)CSc1nc2ncccn2n1)c1ccco1. The Balaban J connectivity index is 1.54. The number of furan rings is 1. The number of nitrogens with zero attached hydrogens (tertiary/aromatic N) is 5. The van der Waals surface area contributed by atoms with Crippen LogP contribution in [0.3, 0.4) is 0 Å². The highest BCUT2D eigenvalue weighted by Gasteiger charge is 2.21. The molecule has 0 aliphatic carbocycles. The van der Waals surface area contributed by atoms with E-state index in [0.29, 0.717) is 17.5 Å². The van der Waals surface area contributed by atoms with E-state index >= 15 is 0 Å². The molecule has 0 aliphatic heterocycles. The molecule has 1 amide bonds. The van der Waals surface area contributed by atoms with Crippen molar-refractivity contribution >= 4 is 23.4 Å². The van der Waals surface area contributed by atoms with Crippen molar-refractivity contribution in [3.05, 3.63) is 42.6 Å². The van der Waals surface area contributed by atoms with Gasteiger partial charge in [-0.3, -0.25) is 9.69 Å². The Bertz CT molecular complexity index is 798. The number of hydrogen-bond acceptors (Lipinski definition) is 7. The van der Waals surface area contributed by atoms with Crippen LogP contribution in [0, 0.1) is 0 Å². The molecule has 0 bridgehead atoms. The molecular formula is C17H22N6O2S. The van der Waals surface area contributed by atoms with Gasteiger partial charge >= 0.3 is 0 Å². The molecule has 138 valence electrons. The number of rotatable bonds is 9. The summed E-state index contributed by atoms with van der Waals surface area (Å²) < 4.78 is 7.14. The number of carbonyl (C=O) groups excluding carboxylic acids is 1. The number of amides is 1. The van der Waals surface area contributed by atoms with E-state index in [1.54, 1.807) is 29.2 Å². The third kappa shape index (κ3) is 4.41. The van der Waals surface area contributed by atoms with Gasteiger partial charge in [0.05, 0.1) is 18.1 Å². The van der Waals surface area contributed by atoms with Crippen molar-refractivity contribution in [2.75, 3.05) is 25.4 Å². The van der Waals surface area contributed by atoms with Crippen LogP contribution in [0.5, 0.6) is 0 Å². The molecule has 0 spiro atoms. The van der Waals surface area contributed by atoms with Crippen LogP contribution < -0.4 is 5.32 Å². The minimum Gasteiger partial charge on any atom is -0.468 e. The highest BCUT2D eigenvalue weighted by Crippen LogP contribution is 2.20. The summed E-state index contributed by atoms with van der Waals surface area (Å²) in [7, 11) is 0. The number of fused-ring (bicyclic) bond motifs is 1. The first kappa shape index (κ1) is 18.4. The first-order valence-corrected chi connectivity index (χ1v) is 9.54. The smallest absolute Gasteiger partial charge is 0.253 e.